The molecule has 2 amide bonds. The second-order valence-corrected chi connectivity index (χ2v) is 4.63. The highest BCUT2D eigenvalue weighted by molar-refractivity contribution is 5.97. The van der Waals surface area contributed by atoms with Gasteiger partial charge in [-0.25, -0.2) is 0 Å². The van der Waals surface area contributed by atoms with E-state index in [2.05, 4.69) is 10.6 Å². The summed E-state index contributed by atoms with van der Waals surface area (Å²) in [6.07, 6.45) is 0.204. The SMILES string of the molecule is COc1ccc(NC(=O)C2CNC(=O)C2)cc1OCCO. The fourth-order valence-corrected chi connectivity index (χ4v) is 2.06. The predicted octanol–water partition coefficient (Wildman–Crippen LogP) is 0.141. The molecule has 0 aliphatic carbocycles. The van der Waals surface area contributed by atoms with E-state index in [1.54, 1.807) is 18.2 Å². The summed E-state index contributed by atoms with van der Waals surface area (Å²) in [7, 11) is 1.51. The molecule has 7 heteroatoms. The van der Waals surface area contributed by atoms with Crippen LogP contribution in [0.15, 0.2) is 18.2 Å². The first kappa shape index (κ1) is 15.1. The largest absolute Gasteiger partial charge is 0.493 e. The molecule has 1 aliphatic rings. The Balaban J connectivity index is 2.05. The molecule has 1 fully saturated rings. The van der Waals surface area contributed by atoms with Crippen molar-refractivity contribution in [2.45, 2.75) is 6.42 Å². The lowest BCUT2D eigenvalue weighted by atomic mass is 10.1. The first-order valence-corrected chi connectivity index (χ1v) is 6.63. The van der Waals surface area contributed by atoms with Gasteiger partial charge in [0.1, 0.15) is 6.61 Å². The van der Waals surface area contributed by atoms with Gasteiger partial charge < -0.3 is 25.2 Å². The number of rotatable bonds is 6. The molecular formula is C14H18N2O5. The lowest BCUT2D eigenvalue weighted by Gasteiger charge is -2.13. The molecule has 21 heavy (non-hydrogen) atoms. The van der Waals surface area contributed by atoms with E-state index in [9.17, 15) is 9.59 Å². The highest BCUT2D eigenvalue weighted by Gasteiger charge is 2.28. The number of benzene rings is 1. The van der Waals surface area contributed by atoms with E-state index in [1.807, 2.05) is 0 Å². The van der Waals surface area contributed by atoms with Gasteiger partial charge in [-0.05, 0) is 12.1 Å². The van der Waals surface area contributed by atoms with Crippen molar-refractivity contribution >= 4 is 17.5 Å². The lowest BCUT2D eigenvalue weighted by molar-refractivity contribution is -0.123. The van der Waals surface area contributed by atoms with Gasteiger partial charge in [0.15, 0.2) is 11.5 Å². The predicted molar refractivity (Wildman–Crippen MR) is 75.3 cm³/mol. The van der Waals surface area contributed by atoms with Crippen molar-refractivity contribution in [3.63, 3.8) is 0 Å². The minimum Gasteiger partial charge on any atom is -0.493 e. The third kappa shape index (κ3) is 3.85. The van der Waals surface area contributed by atoms with Crippen LogP contribution in [0.1, 0.15) is 6.42 Å². The van der Waals surface area contributed by atoms with Crippen LogP contribution in [-0.4, -0.2) is 43.8 Å². The molecule has 2 rings (SSSR count). The van der Waals surface area contributed by atoms with Crippen molar-refractivity contribution in [2.75, 3.05) is 32.2 Å². The molecule has 1 atom stereocenters. The zero-order chi connectivity index (χ0) is 15.2. The average molecular weight is 294 g/mol. The van der Waals surface area contributed by atoms with Gasteiger partial charge >= 0.3 is 0 Å². The topological polar surface area (TPSA) is 96.9 Å². The van der Waals surface area contributed by atoms with E-state index in [-0.39, 0.29) is 37.4 Å². The van der Waals surface area contributed by atoms with Gasteiger partial charge in [-0.2, -0.15) is 0 Å². The van der Waals surface area contributed by atoms with E-state index in [0.717, 1.165) is 0 Å². The number of aliphatic hydroxyl groups is 1. The number of carbonyl (C=O) groups excluding carboxylic acids is 2. The Kier molecular flexibility index (Phi) is 4.99. The van der Waals surface area contributed by atoms with Gasteiger partial charge in [0.25, 0.3) is 0 Å². The summed E-state index contributed by atoms with van der Waals surface area (Å²) in [5, 5.41) is 14.2. The first-order valence-electron chi connectivity index (χ1n) is 6.63. The maximum absolute atomic E-state index is 12.0. The third-order valence-corrected chi connectivity index (χ3v) is 3.13. The molecule has 0 aromatic heterocycles. The van der Waals surface area contributed by atoms with Crippen LogP contribution in [0.4, 0.5) is 5.69 Å². The van der Waals surface area contributed by atoms with Crippen LogP contribution in [-0.2, 0) is 9.59 Å². The summed E-state index contributed by atoms with van der Waals surface area (Å²) in [6.45, 7) is 0.374. The fraction of sp³-hybridized carbons (Fsp3) is 0.429. The van der Waals surface area contributed by atoms with Crippen LogP contribution in [0.3, 0.4) is 0 Å². The molecule has 1 aliphatic heterocycles. The van der Waals surface area contributed by atoms with E-state index >= 15 is 0 Å². The number of hydrogen-bond acceptors (Lipinski definition) is 5. The van der Waals surface area contributed by atoms with Crippen molar-refractivity contribution in [3.8, 4) is 11.5 Å². The Bertz CT molecular complexity index is 532. The Hall–Kier alpha value is -2.28. The molecule has 3 N–H and O–H groups in total. The van der Waals surface area contributed by atoms with Crippen LogP contribution in [0.25, 0.3) is 0 Å². The number of methoxy groups -OCH3 is 1. The minimum absolute atomic E-state index is 0.114. The zero-order valence-electron chi connectivity index (χ0n) is 11.7. The van der Waals surface area contributed by atoms with Crippen molar-refractivity contribution in [1.29, 1.82) is 0 Å². The molecule has 1 heterocycles. The van der Waals surface area contributed by atoms with Gasteiger partial charge in [-0.3, -0.25) is 9.59 Å². The maximum Gasteiger partial charge on any atom is 0.229 e. The average Bonchev–Trinajstić information content (AvgIpc) is 2.92. The lowest BCUT2D eigenvalue weighted by Crippen LogP contribution is -2.24. The second kappa shape index (κ2) is 6.94. The zero-order valence-corrected chi connectivity index (χ0v) is 11.7. The summed E-state index contributed by atoms with van der Waals surface area (Å²) < 4.78 is 10.5. The van der Waals surface area contributed by atoms with Crippen molar-refractivity contribution in [2.24, 2.45) is 5.92 Å². The van der Waals surface area contributed by atoms with Crippen molar-refractivity contribution in [1.82, 2.24) is 5.32 Å². The number of amides is 2. The number of hydrogen-bond donors (Lipinski definition) is 3. The second-order valence-electron chi connectivity index (χ2n) is 4.63. The van der Waals surface area contributed by atoms with Crippen LogP contribution in [0.5, 0.6) is 11.5 Å². The van der Waals surface area contributed by atoms with E-state index in [1.165, 1.54) is 7.11 Å². The minimum atomic E-state index is -0.360. The Morgan fingerprint density at radius 2 is 2.29 bits per heavy atom. The molecule has 7 nitrogen and oxygen atoms in total. The summed E-state index contributed by atoms with van der Waals surface area (Å²) in [6, 6.07) is 4.98. The molecular weight excluding hydrogens is 276 g/mol. The Morgan fingerprint density at radius 3 is 2.90 bits per heavy atom. The number of nitrogens with one attached hydrogen (secondary N) is 2. The maximum atomic E-state index is 12.0. The molecule has 0 radical (unpaired) electrons. The molecule has 0 saturated carbocycles. The fourth-order valence-electron chi connectivity index (χ4n) is 2.06. The van der Waals surface area contributed by atoms with Gasteiger partial charge in [0, 0.05) is 24.7 Å². The Morgan fingerprint density at radius 1 is 1.48 bits per heavy atom. The summed E-state index contributed by atoms with van der Waals surface area (Å²) in [5.41, 5.74) is 0.549. The van der Waals surface area contributed by atoms with Gasteiger partial charge in [-0.1, -0.05) is 0 Å². The highest BCUT2D eigenvalue weighted by atomic mass is 16.5. The number of anilines is 1. The summed E-state index contributed by atoms with van der Waals surface area (Å²) in [4.78, 5) is 23.1. The van der Waals surface area contributed by atoms with Crippen LogP contribution in [0, 0.1) is 5.92 Å². The van der Waals surface area contributed by atoms with Crippen LogP contribution in [0.2, 0.25) is 0 Å². The Labute approximate surface area is 122 Å². The van der Waals surface area contributed by atoms with E-state index < -0.39 is 0 Å². The third-order valence-electron chi connectivity index (χ3n) is 3.13. The van der Waals surface area contributed by atoms with Crippen LogP contribution < -0.4 is 20.1 Å². The number of aliphatic hydroxyl groups excluding tert-OH is 1. The molecule has 0 spiro atoms. The summed E-state index contributed by atoms with van der Waals surface area (Å²) >= 11 is 0. The van der Waals surface area contributed by atoms with E-state index in [4.69, 9.17) is 14.6 Å². The number of ether oxygens (including phenoxy) is 2. The standard InChI is InChI=1S/C14H18N2O5/c1-20-11-3-2-10(7-12(11)21-5-4-17)16-14(19)9-6-13(18)15-8-9/h2-3,7,9,17H,4-6,8H2,1H3,(H,15,18)(H,16,19). The number of carbonyl (C=O) groups is 2. The van der Waals surface area contributed by atoms with E-state index in [0.29, 0.717) is 23.7 Å². The van der Waals surface area contributed by atoms with Crippen LogP contribution >= 0.6 is 0 Å². The summed E-state index contributed by atoms with van der Waals surface area (Å²) in [5.74, 6) is 0.258. The van der Waals surface area contributed by atoms with Gasteiger partial charge in [0.2, 0.25) is 11.8 Å². The molecule has 1 unspecified atom stereocenters. The smallest absolute Gasteiger partial charge is 0.229 e. The normalized spacial score (nSPS) is 17.2. The van der Waals surface area contributed by atoms with Crippen molar-refractivity contribution < 1.29 is 24.2 Å². The molecule has 114 valence electrons. The molecule has 1 aromatic rings. The monoisotopic (exact) mass is 294 g/mol. The first-order chi connectivity index (χ1) is 10.1. The molecule has 1 saturated heterocycles. The quantitative estimate of drug-likeness (QED) is 0.693. The van der Waals surface area contributed by atoms with Gasteiger partial charge in [-0.15, -0.1) is 0 Å². The van der Waals surface area contributed by atoms with Crippen molar-refractivity contribution in [3.05, 3.63) is 18.2 Å². The molecule has 1 aromatic carbocycles. The van der Waals surface area contributed by atoms with Gasteiger partial charge in [0.05, 0.1) is 19.6 Å². The highest BCUT2D eigenvalue weighted by Crippen LogP contribution is 2.30. The molecule has 0 bridgehead atoms.